The SMILES string of the molecule is CC(=O)c1cc(F)cc(CN2CCC(C(C)(C)C)C2)c1O. The van der Waals surface area contributed by atoms with Crippen molar-refractivity contribution in [1.29, 1.82) is 0 Å². The summed E-state index contributed by atoms with van der Waals surface area (Å²) in [6, 6.07) is 2.43. The van der Waals surface area contributed by atoms with E-state index in [0.29, 0.717) is 18.0 Å². The Morgan fingerprint density at radius 3 is 2.62 bits per heavy atom. The second-order valence-corrected chi connectivity index (χ2v) is 7.10. The normalized spacial score (nSPS) is 20.0. The minimum atomic E-state index is -0.473. The molecular weight excluding hydrogens is 269 g/mol. The average Bonchev–Trinajstić information content (AvgIpc) is 2.81. The molecule has 1 unspecified atom stereocenters. The topological polar surface area (TPSA) is 40.5 Å². The van der Waals surface area contributed by atoms with E-state index in [-0.39, 0.29) is 22.5 Å². The van der Waals surface area contributed by atoms with Crippen LogP contribution in [0.4, 0.5) is 4.39 Å². The minimum Gasteiger partial charge on any atom is -0.507 e. The number of halogens is 1. The Bertz CT molecular complexity index is 548. The zero-order valence-electron chi connectivity index (χ0n) is 13.2. The van der Waals surface area contributed by atoms with E-state index in [1.54, 1.807) is 0 Å². The molecule has 1 aromatic carbocycles. The molecule has 1 fully saturated rings. The molecule has 1 aliphatic rings. The van der Waals surface area contributed by atoms with E-state index in [4.69, 9.17) is 0 Å². The molecule has 0 spiro atoms. The summed E-state index contributed by atoms with van der Waals surface area (Å²) in [5.41, 5.74) is 0.815. The number of likely N-dealkylation sites (tertiary alicyclic amines) is 1. The number of hydrogen-bond acceptors (Lipinski definition) is 3. The standard InChI is InChI=1S/C17H24FNO2/c1-11(20)15-8-14(18)7-12(16(15)21)9-19-6-5-13(10-19)17(2,3)4/h7-8,13,21H,5-6,9-10H2,1-4H3. The van der Waals surface area contributed by atoms with Crippen LogP contribution in [0.3, 0.4) is 0 Å². The number of aromatic hydroxyl groups is 1. The number of Topliss-reactive ketones (excluding diaryl/α,β-unsaturated/α-hetero) is 1. The van der Waals surface area contributed by atoms with Crippen LogP contribution >= 0.6 is 0 Å². The van der Waals surface area contributed by atoms with E-state index >= 15 is 0 Å². The van der Waals surface area contributed by atoms with Crippen molar-refractivity contribution >= 4 is 5.78 Å². The Balaban J connectivity index is 2.16. The number of phenols is 1. The maximum Gasteiger partial charge on any atom is 0.163 e. The summed E-state index contributed by atoms with van der Waals surface area (Å²) in [5.74, 6) is -0.273. The van der Waals surface area contributed by atoms with Gasteiger partial charge >= 0.3 is 0 Å². The van der Waals surface area contributed by atoms with Crippen molar-refractivity contribution in [2.75, 3.05) is 13.1 Å². The van der Waals surface area contributed by atoms with Crippen molar-refractivity contribution in [3.63, 3.8) is 0 Å². The Morgan fingerprint density at radius 2 is 2.10 bits per heavy atom. The second-order valence-electron chi connectivity index (χ2n) is 7.10. The van der Waals surface area contributed by atoms with Crippen LogP contribution in [0.25, 0.3) is 0 Å². The third-order valence-corrected chi connectivity index (χ3v) is 4.42. The van der Waals surface area contributed by atoms with Gasteiger partial charge in [0.25, 0.3) is 0 Å². The van der Waals surface area contributed by atoms with Crippen LogP contribution < -0.4 is 0 Å². The summed E-state index contributed by atoms with van der Waals surface area (Å²) in [6.07, 6.45) is 1.11. The third-order valence-electron chi connectivity index (χ3n) is 4.42. The number of rotatable bonds is 3. The number of hydrogen-bond donors (Lipinski definition) is 1. The van der Waals surface area contributed by atoms with E-state index in [2.05, 4.69) is 25.7 Å². The first-order valence-electron chi connectivity index (χ1n) is 7.43. The first kappa shape index (κ1) is 16.0. The van der Waals surface area contributed by atoms with Gasteiger partial charge in [0.15, 0.2) is 5.78 Å². The van der Waals surface area contributed by atoms with Gasteiger partial charge < -0.3 is 5.11 Å². The van der Waals surface area contributed by atoms with E-state index in [0.717, 1.165) is 25.6 Å². The fraction of sp³-hybridized carbons (Fsp3) is 0.588. The number of phenolic OH excluding ortho intramolecular Hbond substituents is 1. The molecule has 1 saturated heterocycles. The molecule has 0 radical (unpaired) electrons. The zero-order valence-corrected chi connectivity index (χ0v) is 13.2. The number of carbonyl (C=O) groups excluding carboxylic acids is 1. The largest absolute Gasteiger partial charge is 0.507 e. The molecule has 116 valence electrons. The lowest BCUT2D eigenvalue weighted by atomic mass is 9.80. The molecule has 0 aromatic heterocycles. The van der Waals surface area contributed by atoms with Crippen molar-refractivity contribution in [3.05, 3.63) is 29.1 Å². The second kappa shape index (κ2) is 5.76. The molecule has 0 bridgehead atoms. The fourth-order valence-corrected chi connectivity index (χ4v) is 2.97. The van der Waals surface area contributed by atoms with Gasteiger partial charge in [0, 0.05) is 18.7 Å². The summed E-state index contributed by atoms with van der Waals surface area (Å²) in [7, 11) is 0. The maximum atomic E-state index is 13.6. The van der Waals surface area contributed by atoms with Crippen LogP contribution in [0.2, 0.25) is 0 Å². The van der Waals surface area contributed by atoms with Gasteiger partial charge in [-0.05, 0) is 43.4 Å². The molecular formula is C17H24FNO2. The van der Waals surface area contributed by atoms with Crippen molar-refractivity contribution in [1.82, 2.24) is 4.90 Å². The van der Waals surface area contributed by atoms with E-state index in [1.807, 2.05) is 0 Å². The number of ketones is 1. The van der Waals surface area contributed by atoms with Crippen molar-refractivity contribution in [2.24, 2.45) is 11.3 Å². The molecule has 0 amide bonds. The predicted octanol–water partition coefficient (Wildman–Crippen LogP) is 3.60. The Kier molecular flexibility index (Phi) is 4.38. The summed E-state index contributed by atoms with van der Waals surface area (Å²) in [4.78, 5) is 13.7. The molecule has 1 aromatic rings. The van der Waals surface area contributed by atoms with Gasteiger partial charge in [-0.1, -0.05) is 20.8 Å². The highest BCUT2D eigenvalue weighted by atomic mass is 19.1. The maximum absolute atomic E-state index is 13.6. The van der Waals surface area contributed by atoms with Gasteiger partial charge in [0.05, 0.1) is 5.56 Å². The van der Waals surface area contributed by atoms with E-state index in [9.17, 15) is 14.3 Å². The number of nitrogens with zero attached hydrogens (tertiary/aromatic N) is 1. The number of benzene rings is 1. The molecule has 2 rings (SSSR count). The van der Waals surface area contributed by atoms with Crippen molar-refractivity contribution in [2.45, 2.75) is 40.7 Å². The van der Waals surface area contributed by atoms with Crippen LogP contribution in [0.1, 0.15) is 50.0 Å². The molecule has 3 nitrogen and oxygen atoms in total. The van der Waals surface area contributed by atoms with Gasteiger partial charge in [-0.3, -0.25) is 9.69 Å². The highest BCUT2D eigenvalue weighted by Crippen LogP contribution is 2.35. The Morgan fingerprint density at radius 1 is 1.43 bits per heavy atom. The van der Waals surface area contributed by atoms with Crippen LogP contribution in [-0.2, 0) is 6.54 Å². The summed E-state index contributed by atoms with van der Waals surface area (Å²) < 4.78 is 13.6. The lowest BCUT2D eigenvalue weighted by molar-refractivity contribution is 0.101. The first-order valence-corrected chi connectivity index (χ1v) is 7.43. The molecule has 0 aliphatic carbocycles. The molecule has 1 heterocycles. The summed E-state index contributed by atoms with van der Waals surface area (Å²) >= 11 is 0. The molecule has 4 heteroatoms. The van der Waals surface area contributed by atoms with Crippen molar-refractivity contribution in [3.8, 4) is 5.75 Å². The summed E-state index contributed by atoms with van der Waals surface area (Å²) in [5, 5.41) is 10.2. The molecule has 1 aliphatic heterocycles. The van der Waals surface area contributed by atoms with Gasteiger partial charge in [-0.2, -0.15) is 0 Å². The van der Waals surface area contributed by atoms with E-state index < -0.39 is 5.82 Å². The molecule has 21 heavy (non-hydrogen) atoms. The lowest BCUT2D eigenvalue weighted by Gasteiger charge is -2.27. The fourth-order valence-electron chi connectivity index (χ4n) is 2.97. The Hall–Kier alpha value is -1.42. The monoisotopic (exact) mass is 293 g/mol. The minimum absolute atomic E-state index is 0.0663. The quantitative estimate of drug-likeness (QED) is 0.866. The predicted molar refractivity (Wildman–Crippen MR) is 80.9 cm³/mol. The average molecular weight is 293 g/mol. The number of carbonyl (C=O) groups is 1. The molecule has 0 saturated carbocycles. The smallest absolute Gasteiger partial charge is 0.163 e. The van der Waals surface area contributed by atoms with Crippen LogP contribution in [0, 0.1) is 17.2 Å². The third kappa shape index (κ3) is 3.62. The zero-order chi connectivity index (χ0) is 15.8. The lowest BCUT2D eigenvalue weighted by Crippen LogP contribution is -2.26. The van der Waals surface area contributed by atoms with Crippen molar-refractivity contribution < 1.29 is 14.3 Å². The van der Waals surface area contributed by atoms with Gasteiger partial charge in [-0.15, -0.1) is 0 Å². The first-order chi connectivity index (χ1) is 9.68. The summed E-state index contributed by atoms with van der Waals surface area (Å²) in [6.45, 7) is 10.4. The van der Waals surface area contributed by atoms with Gasteiger partial charge in [-0.25, -0.2) is 4.39 Å². The van der Waals surface area contributed by atoms with Crippen LogP contribution in [-0.4, -0.2) is 28.9 Å². The molecule has 1 atom stereocenters. The molecule has 1 N–H and O–H groups in total. The van der Waals surface area contributed by atoms with Gasteiger partial charge in [0.1, 0.15) is 11.6 Å². The highest BCUT2D eigenvalue weighted by Gasteiger charge is 2.32. The van der Waals surface area contributed by atoms with Crippen LogP contribution in [0.15, 0.2) is 12.1 Å². The van der Waals surface area contributed by atoms with E-state index in [1.165, 1.54) is 13.0 Å². The van der Waals surface area contributed by atoms with Gasteiger partial charge in [0.2, 0.25) is 0 Å². The Labute approximate surface area is 125 Å². The van der Waals surface area contributed by atoms with Crippen LogP contribution in [0.5, 0.6) is 5.75 Å². The highest BCUT2D eigenvalue weighted by molar-refractivity contribution is 5.97.